The lowest BCUT2D eigenvalue weighted by Crippen LogP contribution is -2.19. The summed E-state index contributed by atoms with van der Waals surface area (Å²) in [7, 11) is 0. The number of aryl methyl sites for hydroxylation is 1. The Kier molecular flexibility index (Phi) is 2.31. The van der Waals surface area contributed by atoms with Gasteiger partial charge in [-0.2, -0.15) is 0 Å². The molecule has 0 amide bonds. The third-order valence-electron chi connectivity index (χ3n) is 3.32. The minimum Gasteiger partial charge on any atom is -0.469 e. The molecule has 84 valence electrons. The first-order valence-electron chi connectivity index (χ1n) is 5.88. The molecule has 3 rings (SSSR count). The van der Waals surface area contributed by atoms with E-state index in [0.717, 1.165) is 36.9 Å². The Bertz CT molecular complexity index is 470. The van der Waals surface area contributed by atoms with Crippen LogP contribution in [0.2, 0.25) is 0 Å². The van der Waals surface area contributed by atoms with E-state index in [1.165, 1.54) is 12.1 Å². The van der Waals surface area contributed by atoms with E-state index in [2.05, 4.69) is 16.5 Å². The average molecular weight is 216 g/mol. The third kappa shape index (κ3) is 1.66. The number of nitrogens with zero attached hydrogens (tertiary/aromatic N) is 2. The van der Waals surface area contributed by atoms with Crippen molar-refractivity contribution in [3.63, 3.8) is 0 Å². The van der Waals surface area contributed by atoms with Gasteiger partial charge >= 0.3 is 0 Å². The van der Waals surface area contributed by atoms with Crippen LogP contribution in [0.25, 0.3) is 0 Å². The van der Waals surface area contributed by atoms with Gasteiger partial charge in [0.1, 0.15) is 11.6 Å². The summed E-state index contributed by atoms with van der Waals surface area (Å²) in [6, 6.07) is 3.94. The van der Waals surface area contributed by atoms with E-state index < -0.39 is 0 Å². The molecule has 3 heterocycles. The molecule has 1 unspecified atom stereocenters. The molecule has 3 heteroatoms. The Balaban J connectivity index is 1.88. The van der Waals surface area contributed by atoms with Crippen molar-refractivity contribution in [1.29, 1.82) is 0 Å². The zero-order chi connectivity index (χ0) is 11.0. The van der Waals surface area contributed by atoms with E-state index in [1.54, 1.807) is 6.26 Å². The van der Waals surface area contributed by atoms with E-state index in [1.807, 2.05) is 18.3 Å². The van der Waals surface area contributed by atoms with Crippen LogP contribution in [0, 0.1) is 5.92 Å². The molecule has 0 bridgehead atoms. The summed E-state index contributed by atoms with van der Waals surface area (Å²) < 4.78 is 7.73. The van der Waals surface area contributed by atoms with Crippen molar-refractivity contribution in [2.75, 3.05) is 0 Å². The first kappa shape index (κ1) is 9.70. The quantitative estimate of drug-likeness (QED) is 0.772. The van der Waals surface area contributed by atoms with Gasteiger partial charge in [-0.1, -0.05) is 6.92 Å². The van der Waals surface area contributed by atoms with Crippen molar-refractivity contribution in [3.8, 4) is 0 Å². The molecule has 0 fully saturated rings. The molecule has 1 aliphatic heterocycles. The number of imidazole rings is 1. The molecule has 1 aliphatic rings. The summed E-state index contributed by atoms with van der Waals surface area (Å²) in [5, 5.41) is 0. The standard InChI is InChI=1S/C13H16N2O/c1-10-4-5-11-8-14-13(15(11)9-10)7-12-3-2-6-16-12/h2-3,6,8,10H,4-5,7,9H2,1H3. The molecule has 1 atom stereocenters. The summed E-state index contributed by atoms with van der Waals surface area (Å²) in [6.45, 7) is 3.41. The second kappa shape index (κ2) is 3.81. The van der Waals surface area contributed by atoms with Crippen LogP contribution in [0.1, 0.15) is 30.6 Å². The number of rotatable bonds is 2. The lowest BCUT2D eigenvalue weighted by atomic mass is 10.0. The Morgan fingerprint density at radius 1 is 1.56 bits per heavy atom. The van der Waals surface area contributed by atoms with Crippen molar-refractivity contribution >= 4 is 0 Å². The van der Waals surface area contributed by atoms with Crippen molar-refractivity contribution in [2.24, 2.45) is 5.92 Å². The highest BCUT2D eigenvalue weighted by molar-refractivity contribution is 5.13. The predicted molar refractivity (Wildman–Crippen MR) is 61.2 cm³/mol. The maximum atomic E-state index is 5.37. The Hall–Kier alpha value is -1.51. The van der Waals surface area contributed by atoms with Gasteiger partial charge in [0.05, 0.1) is 12.7 Å². The lowest BCUT2D eigenvalue weighted by Gasteiger charge is -2.22. The maximum Gasteiger partial charge on any atom is 0.116 e. The number of hydrogen-bond acceptors (Lipinski definition) is 2. The Morgan fingerprint density at radius 3 is 3.31 bits per heavy atom. The normalized spacial score (nSPS) is 19.7. The number of hydrogen-bond donors (Lipinski definition) is 0. The topological polar surface area (TPSA) is 31.0 Å². The fourth-order valence-corrected chi connectivity index (χ4v) is 2.38. The van der Waals surface area contributed by atoms with Crippen LogP contribution >= 0.6 is 0 Å². The molecule has 16 heavy (non-hydrogen) atoms. The summed E-state index contributed by atoms with van der Waals surface area (Å²) in [5.41, 5.74) is 1.37. The fraction of sp³-hybridized carbons (Fsp3) is 0.462. The third-order valence-corrected chi connectivity index (χ3v) is 3.32. The van der Waals surface area contributed by atoms with Crippen LogP contribution < -0.4 is 0 Å². The number of fused-ring (bicyclic) bond motifs is 1. The zero-order valence-corrected chi connectivity index (χ0v) is 9.52. The highest BCUT2D eigenvalue weighted by atomic mass is 16.3. The predicted octanol–water partition coefficient (Wildman–Crippen LogP) is 2.65. The molecule has 0 saturated carbocycles. The molecule has 3 nitrogen and oxygen atoms in total. The number of aromatic nitrogens is 2. The molecule has 0 N–H and O–H groups in total. The largest absolute Gasteiger partial charge is 0.469 e. The van der Waals surface area contributed by atoms with Crippen LogP contribution in [0.5, 0.6) is 0 Å². The van der Waals surface area contributed by atoms with Gasteiger partial charge in [0.15, 0.2) is 0 Å². The van der Waals surface area contributed by atoms with E-state index in [4.69, 9.17) is 4.42 Å². The molecule has 0 spiro atoms. The molecule has 2 aromatic heterocycles. The molecule has 0 aromatic carbocycles. The Morgan fingerprint density at radius 2 is 2.50 bits per heavy atom. The van der Waals surface area contributed by atoms with Gasteiger partial charge in [-0.15, -0.1) is 0 Å². The van der Waals surface area contributed by atoms with Crippen molar-refractivity contribution < 1.29 is 4.42 Å². The number of furan rings is 1. The van der Waals surface area contributed by atoms with E-state index in [-0.39, 0.29) is 0 Å². The second-order valence-electron chi connectivity index (χ2n) is 4.68. The van der Waals surface area contributed by atoms with Crippen LogP contribution in [0.15, 0.2) is 29.0 Å². The highest BCUT2D eigenvalue weighted by Crippen LogP contribution is 2.22. The molecule has 0 aliphatic carbocycles. The van der Waals surface area contributed by atoms with Crippen LogP contribution in [-0.2, 0) is 19.4 Å². The van der Waals surface area contributed by atoms with Crippen LogP contribution in [-0.4, -0.2) is 9.55 Å². The second-order valence-corrected chi connectivity index (χ2v) is 4.68. The van der Waals surface area contributed by atoms with Gasteiger partial charge in [-0.25, -0.2) is 4.98 Å². The average Bonchev–Trinajstić information content (AvgIpc) is 2.90. The summed E-state index contributed by atoms with van der Waals surface area (Å²) in [5.74, 6) is 2.89. The first-order chi connectivity index (χ1) is 7.83. The molecule has 0 saturated heterocycles. The first-order valence-corrected chi connectivity index (χ1v) is 5.88. The van der Waals surface area contributed by atoms with E-state index in [0.29, 0.717) is 0 Å². The fourth-order valence-electron chi connectivity index (χ4n) is 2.38. The monoisotopic (exact) mass is 216 g/mol. The van der Waals surface area contributed by atoms with E-state index >= 15 is 0 Å². The molecular weight excluding hydrogens is 200 g/mol. The summed E-state index contributed by atoms with van der Waals surface area (Å²) >= 11 is 0. The molecule has 0 radical (unpaired) electrons. The van der Waals surface area contributed by atoms with Gasteiger partial charge < -0.3 is 8.98 Å². The van der Waals surface area contributed by atoms with Crippen molar-refractivity contribution in [3.05, 3.63) is 41.9 Å². The van der Waals surface area contributed by atoms with Gasteiger partial charge in [0, 0.05) is 18.4 Å². The summed E-state index contributed by atoms with van der Waals surface area (Å²) in [4.78, 5) is 4.51. The maximum absolute atomic E-state index is 5.37. The van der Waals surface area contributed by atoms with Gasteiger partial charge in [0.2, 0.25) is 0 Å². The highest BCUT2D eigenvalue weighted by Gasteiger charge is 2.18. The van der Waals surface area contributed by atoms with Crippen molar-refractivity contribution in [1.82, 2.24) is 9.55 Å². The SMILES string of the molecule is CC1CCc2cnc(Cc3ccco3)n2C1. The summed E-state index contributed by atoms with van der Waals surface area (Å²) in [6.07, 6.45) is 6.99. The minimum absolute atomic E-state index is 0.761. The Labute approximate surface area is 95.1 Å². The van der Waals surface area contributed by atoms with Gasteiger partial charge in [-0.3, -0.25) is 0 Å². The minimum atomic E-state index is 0.761. The van der Waals surface area contributed by atoms with Crippen molar-refractivity contribution in [2.45, 2.75) is 32.7 Å². The molecule has 2 aromatic rings. The smallest absolute Gasteiger partial charge is 0.116 e. The van der Waals surface area contributed by atoms with Gasteiger partial charge in [0.25, 0.3) is 0 Å². The van der Waals surface area contributed by atoms with E-state index in [9.17, 15) is 0 Å². The lowest BCUT2D eigenvalue weighted by molar-refractivity contribution is 0.389. The van der Waals surface area contributed by atoms with Crippen LogP contribution in [0.4, 0.5) is 0 Å². The van der Waals surface area contributed by atoms with Gasteiger partial charge in [-0.05, 0) is 30.9 Å². The molecular formula is C13H16N2O. The van der Waals surface area contributed by atoms with Crippen LogP contribution in [0.3, 0.4) is 0 Å². The zero-order valence-electron chi connectivity index (χ0n) is 9.52.